The summed E-state index contributed by atoms with van der Waals surface area (Å²) >= 11 is 6.45. The van der Waals surface area contributed by atoms with Gasteiger partial charge < -0.3 is 52.7 Å². The zero-order chi connectivity index (χ0) is 37.1. The third kappa shape index (κ3) is 11.2. The Morgan fingerprint density at radius 3 is 2.30 bits per heavy atom. The van der Waals surface area contributed by atoms with E-state index in [2.05, 4.69) is 42.9 Å². The van der Waals surface area contributed by atoms with Gasteiger partial charge in [-0.2, -0.15) is 15.1 Å². The molecule has 2 atom stereocenters. The Morgan fingerprint density at radius 1 is 0.925 bits per heavy atom. The molecule has 18 heteroatoms. The van der Waals surface area contributed by atoms with Crippen LogP contribution in [0.5, 0.6) is 5.75 Å². The molecule has 6 rings (SSSR count). The van der Waals surface area contributed by atoms with E-state index >= 15 is 0 Å². The lowest BCUT2D eigenvalue weighted by molar-refractivity contribution is -0.0391. The van der Waals surface area contributed by atoms with Crippen molar-refractivity contribution in [1.29, 1.82) is 0 Å². The van der Waals surface area contributed by atoms with E-state index in [4.69, 9.17) is 61.0 Å². The van der Waals surface area contributed by atoms with Crippen LogP contribution in [0.1, 0.15) is 31.9 Å². The summed E-state index contributed by atoms with van der Waals surface area (Å²) in [6.07, 6.45) is 9.08. The van der Waals surface area contributed by atoms with E-state index in [-0.39, 0.29) is 23.4 Å². The largest absolute Gasteiger partial charge is 0.491 e. The molecule has 0 aliphatic carbocycles. The maximum atomic E-state index is 11.1. The van der Waals surface area contributed by atoms with Gasteiger partial charge in [0.25, 0.3) is 0 Å². The zero-order valence-electron chi connectivity index (χ0n) is 29.7. The number of rotatable bonds is 21. The van der Waals surface area contributed by atoms with E-state index < -0.39 is 20.2 Å². The average Bonchev–Trinajstić information content (AvgIpc) is 3.77. The lowest BCUT2D eigenvalue weighted by Gasteiger charge is -2.55. The van der Waals surface area contributed by atoms with Gasteiger partial charge in [0.1, 0.15) is 31.1 Å². The number of piperidine rings is 1. The van der Waals surface area contributed by atoms with Crippen molar-refractivity contribution in [3.63, 3.8) is 0 Å². The van der Waals surface area contributed by atoms with Crippen LogP contribution in [0.4, 0.5) is 11.5 Å². The number of aromatic nitrogens is 4. The van der Waals surface area contributed by atoms with Crippen molar-refractivity contribution in [2.24, 2.45) is 5.41 Å². The lowest BCUT2D eigenvalue weighted by Crippen LogP contribution is -2.63. The Hall–Kier alpha value is -3.07. The molecule has 2 aromatic heterocycles. The predicted octanol–water partition coefficient (Wildman–Crippen LogP) is 3.49. The number of ether oxygens (including phenoxy) is 7. The molecule has 0 saturated carbocycles. The van der Waals surface area contributed by atoms with Gasteiger partial charge in [-0.3, -0.25) is 4.57 Å². The first-order chi connectivity index (χ1) is 25.7. The van der Waals surface area contributed by atoms with Crippen LogP contribution in [0.25, 0.3) is 11.0 Å². The van der Waals surface area contributed by atoms with Crippen molar-refractivity contribution < 1.29 is 47.5 Å². The zero-order valence-corrected chi connectivity index (χ0v) is 31.4. The molecule has 3 aliphatic rings. The molecule has 53 heavy (non-hydrogen) atoms. The van der Waals surface area contributed by atoms with Gasteiger partial charge in [0.2, 0.25) is 5.28 Å². The van der Waals surface area contributed by atoms with Gasteiger partial charge in [0.05, 0.1) is 70.5 Å². The number of benzene rings is 1. The summed E-state index contributed by atoms with van der Waals surface area (Å²) in [7, 11) is -4.23. The molecule has 0 radical (unpaired) electrons. The Kier molecular flexibility index (Phi) is 14.2. The number of hydrogen-bond donors (Lipinski definition) is 2. The Labute approximate surface area is 314 Å². The fourth-order valence-electron chi connectivity index (χ4n) is 6.99. The fraction of sp³-hybridized carbons (Fsp3) is 0.629. The van der Waals surface area contributed by atoms with Crippen LogP contribution in [0.2, 0.25) is 5.28 Å². The molecule has 3 aliphatic heterocycles. The molecule has 290 valence electrons. The minimum absolute atomic E-state index is 0.0875. The van der Waals surface area contributed by atoms with Crippen LogP contribution in [0, 0.1) is 17.8 Å². The summed E-state index contributed by atoms with van der Waals surface area (Å²) in [5, 5.41) is 5.53. The van der Waals surface area contributed by atoms with Gasteiger partial charge in [0, 0.05) is 37.3 Å². The van der Waals surface area contributed by atoms with Gasteiger partial charge in [-0.15, -0.1) is 6.42 Å². The fourth-order valence-corrected chi connectivity index (χ4v) is 7.49. The normalized spacial score (nSPS) is 19.9. The van der Waals surface area contributed by atoms with Gasteiger partial charge in [-0.25, -0.2) is 4.68 Å². The van der Waals surface area contributed by atoms with Crippen molar-refractivity contribution in [2.75, 3.05) is 108 Å². The van der Waals surface area contributed by atoms with E-state index in [0.717, 1.165) is 56.0 Å². The van der Waals surface area contributed by atoms with Gasteiger partial charge in [0.15, 0.2) is 11.9 Å². The van der Waals surface area contributed by atoms with Crippen LogP contribution in [-0.4, -0.2) is 134 Å². The topological polar surface area (TPSA) is 172 Å². The molecule has 0 amide bonds. The Bertz CT molecular complexity index is 1700. The predicted molar refractivity (Wildman–Crippen MR) is 196 cm³/mol. The first-order valence-electron chi connectivity index (χ1n) is 17.9. The second-order valence-corrected chi connectivity index (χ2v) is 15.3. The second-order valence-electron chi connectivity index (χ2n) is 13.4. The molecule has 3 fully saturated rings. The standard InChI is InChI=1S/C35H48ClN6O10P/c1-2-12-46-13-14-47-15-16-48-17-18-49-19-20-51-28-6-4-27(5-7-28)40-11-3-10-35(23-40)24-41(25-35)32-30-21-37-42(33(30)39-34(36)38-32)31-9-8-29(52-31)22-50-26-53(43,44)45/h1,4-7,21,29,31H,3,8-20,22-26H2,(H2,43,44,45). The first-order valence-corrected chi connectivity index (χ1v) is 20.1. The third-order valence-electron chi connectivity index (χ3n) is 9.34. The molecule has 2 N–H and O–H groups in total. The number of nitrogens with zero attached hydrogens (tertiary/aromatic N) is 6. The van der Waals surface area contributed by atoms with Crippen molar-refractivity contribution in [2.45, 2.75) is 38.0 Å². The maximum absolute atomic E-state index is 11.1. The number of terminal acetylenes is 1. The average molecular weight is 779 g/mol. The molecule has 3 aromatic rings. The smallest absolute Gasteiger partial charge is 0.350 e. The van der Waals surface area contributed by atoms with Gasteiger partial charge in [-0.1, -0.05) is 5.92 Å². The van der Waals surface area contributed by atoms with Crippen LogP contribution in [0.3, 0.4) is 0 Å². The van der Waals surface area contributed by atoms with Crippen LogP contribution < -0.4 is 14.5 Å². The van der Waals surface area contributed by atoms with Crippen LogP contribution in [-0.2, 0) is 33.0 Å². The summed E-state index contributed by atoms with van der Waals surface area (Å²) in [5.41, 5.74) is 1.89. The van der Waals surface area contributed by atoms with Crippen molar-refractivity contribution in [3.8, 4) is 18.1 Å². The number of halogens is 1. The maximum Gasteiger partial charge on any atom is 0.350 e. The van der Waals surface area contributed by atoms with Crippen LogP contribution >= 0.6 is 19.2 Å². The molecule has 3 saturated heterocycles. The summed E-state index contributed by atoms with van der Waals surface area (Å²) in [6, 6.07) is 8.25. The monoisotopic (exact) mass is 778 g/mol. The van der Waals surface area contributed by atoms with Crippen molar-refractivity contribution in [1.82, 2.24) is 19.7 Å². The first kappa shape index (κ1) is 39.6. The van der Waals surface area contributed by atoms with E-state index in [1.807, 2.05) is 12.1 Å². The summed E-state index contributed by atoms with van der Waals surface area (Å²) in [5.74, 6) is 3.97. The quantitative estimate of drug-likeness (QED) is 0.0696. The van der Waals surface area contributed by atoms with Crippen LogP contribution in [0.15, 0.2) is 30.5 Å². The SMILES string of the molecule is C#CCOCCOCCOCCOCCOc1ccc(N2CCCC3(C2)CN(c2nc(Cl)nc4c2cnn4C2CCC(COCP(=O)(O)O)O2)C3)cc1. The van der Waals surface area contributed by atoms with Gasteiger partial charge >= 0.3 is 7.60 Å². The van der Waals surface area contributed by atoms with E-state index in [9.17, 15) is 4.57 Å². The van der Waals surface area contributed by atoms with E-state index in [0.29, 0.717) is 78.0 Å². The highest BCUT2D eigenvalue weighted by Gasteiger charge is 2.47. The van der Waals surface area contributed by atoms with E-state index in [1.165, 1.54) is 5.69 Å². The minimum Gasteiger partial charge on any atom is -0.491 e. The third-order valence-corrected chi connectivity index (χ3v) is 10.0. The molecule has 1 spiro atoms. The molecule has 0 bridgehead atoms. The molecular formula is C35H48ClN6O10P. The highest BCUT2D eigenvalue weighted by Crippen LogP contribution is 2.44. The van der Waals surface area contributed by atoms with Crippen molar-refractivity contribution in [3.05, 3.63) is 35.7 Å². The minimum atomic E-state index is -4.23. The molecule has 1 aromatic carbocycles. The summed E-state index contributed by atoms with van der Waals surface area (Å²) in [4.78, 5) is 31.9. The number of fused-ring (bicyclic) bond motifs is 1. The van der Waals surface area contributed by atoms with Gasteiger partial charge in [-0.05, 0) is 61.5 Å². The van der Waals surface area contributed by atoms with Crippen molar-refractivity contribution >= 4 is 41.7 Å². The number of anilines is 2. The number of hydrogen-bond acceptors (Lipinski definition) is 13. The molecule has 16 nitrogen and oxygen atoms in total. The highest BCUT2D eigenvalue weighted by atomic mass is 35.5. The second kappa shape index (κ2) is 19.0. The summed E-state index contributed by atoms with van der Waals surface area (Å²) in [6.45, 7) is 7.87. The Balaban J connectivity index is 0.918. The highest BCUT2D eigenvalue weighted by molar-refractivity contribution is 7.51. The molecule has 5 heterocycles. The van der Waals surface area contributed by atoms with E-state index in [1.54, 1.807) is 10.9 Å². The Morgan fingerprint density at radius 2 is 1.60 bits per heavy atom. The summed E-state index contributed by atoms with van der Waals surface area (Å²) < 4.78 is 51.6. The molecular weight excluding hydrogens is 731 g/mol. The lowest BCUT2D eigenvalue weighted by atomic mass is 9.73. The molecule has 2 unspecified atom stereocenters.